The van der Waals surface area contributed by atoms with Crippen molar-refractivity contribution in [3.8, 4) is 11.5 Å². The van der Waals surface area contributed by atoms with Gasteiger partial charge in [0.2, 0.25) is 6.79 Å². The molecule has 31 heavy (non-hydrogen) atoms. The van der Waals surface area contributed by atoms with Crippen molar-refractivity contribution in [1.82, 2.24) is 14.8 Å². The first-order valence-corrected chi connectivity index (χ1v) is 11.2. The summed E-state index contributed by atoms with van der Waals surface area (Å²) in [6, 6.07) is 18.3. The van der Waals surface area contributed by atoms with Crippen molar-refractivity contribution in [2.45, 2.75) is 6.54 Å². The predicted octanol–water partition coefficient (Wildman–Crippen LogP) is 4.14. The zero-order chi connectivity index (χ0) is 20.8. The van der Waals surface area contributed by atoms with Gasteiger partial charge in [0.1, 0.15) is 4.83 Å². The lowest BCUT2D eigenvalue weighted by atomic mass is 10.1. The van der Waals surface area contributed by atoms with Gasteiger partial charge in [0.25, 0.3) is 5.91 Å². The Hall–Kier alpha value is -3.16. The molecule has 2 aliphatic heterocycles. The van der Waals surface area contributed by atoms with Crippen LogP contribution in [0.15, 0.2) is 54.6 Å². The number of pyridine rings is 1. The number of fused-ring (bicyclic) bond motifs is 3. The highest BCUT2D eigenvalue weighted by atomic mass is 32.1. The summed E-state index contributed by atoms with van der Waals surface area (Å²) in [5.41, 5.74) is 2.17. The number of carbonyl (C=O) groups is 1. The minimum absolute atomic E-state index is 0.106. The number of hydrogen-bond donors (Lipinski definition) is 0. The van der Waals surface area contributed by atoms with Crippen molar-refractivity contribution >= 4 is 38.4 Å². The summed E-state index contributed by atoms with van der Waals surface area (Å²) >= 11 is 1.49. The first-order valence-electron chi connectivity index (χ1n) is 10.4. The predicted molar refractivity (Wildman–Crippen MR) is 121 cm³/mol. The van der Waals surface area contributed by atoms with E-state index in [0.29, 0.717) is 6.79 Å². The maximum absolute atomic E-state index is 13.1. The molecule has 4 aromatic rings. The SMILES string of the molecule is O=C(c1cc2cc3ccccc3nc2s1)N1CCN(Cc2ccc3c(c2)OCO3)CC1. The maximum atomic E-state index is 13.1. The van der Waals surface area contributed by atoms with Gasteiger partial charge >= 0.3 is 0 Å². The molecule has 1 fully saturated rings. The number of hydrogen-bond acceptors (Lipinski definition) is 6. The lowest BCUT2D eigenvalue weighted by Crippen LogP contribution is -2.48. The normalized spacial score (nSPS) is 16.3. The molecule has 0 bridgehead atoms. The van der Waals surface area contributed by atoms with Gasteiger partial charge in [-0.2, -0.15) is 0 Å². The third-order valence-corrected chi connectivity index (χ3v) is 6.96. The Morgan fingerprint density at radius 2 is 1.77 bits per heavy atom. The number of rotatable bonds is 3. The van der Waals surface area contributed by atoms with Crippen LogP contribution in [0.4, 0.5) is 0 Å². The van der Waals surface area contributed by atoms with Gasteiger partial charge in [0, 0.05) is 43.5 Å². The zero-order valence-corrected chi connectivity index (χ0v) is 17.7. The molecule has 6 nitrogen and oxygen atoms in total. The van der Waals surface area contributed by atoms with Crippen LogP contribution in [0, 0.1) is 0 Å². The van der Waals surface area contributed by atoms with Crippen molar-refractivity contribution in [2.75, 3.05) is 33.0 Å². The number of amides is 1. The number of nitrogens with zero attached hydrogens (tertiary/aromatic N) is 3. The van der Waals surface area contributed by atoms with E-state index in [0.717, 1.165) is 70.2 Å². The van der Waals surface area contributed by atoms with E-state index in [1.54, 1.807) is 0 Å². The number of benzene rings is 2. The van der Waals surface area contributed by atoms with Crippen LogP contribution in [-0.4, -0.2) is 53.7 Å². The molecule has 0 spiro atoms. The topological polar surface area (TPSA) is 54.9 Å². The average Bonchev–Trinajstić information content (AvgIpc) is 3.43. The van der Waals surface area contributed by atoms with Gasteiger partial charge in [0.05, 0.1) is 10.4 Å². The van der Waals surface area contributed by atoms with Crippen LogP contribution in [0.2, 0.25) is 0 Å². The number of piperazine rings is 1. The zero-order valence-electron chi connectivity index (χ0n) is 16.9. The van der Waals surface area contributed by atoms with Gasteiger partial charge in [-0.15, -0.1) is 11.3 Å². The summed E-state index contributed by atoms with van der Waals surface area (Å²) in [4.78, 5) is 23.9. The van der Waals surface area contributed by atoms with E-state index < -0.39 is 0 Å². The molecule has 0 atom stereocenters. The fraction of sp³-hybridized carbons (Fsp3) is 0.250. The summed E-state index contributed by atoms with van der Waals surface area (Å²) in [5.74, 6) is 1.73. The number of thiophene rings is 1. The highest BCUT2D eigenvalue weighted by Crippen LogP contribution is 2.33. The lowest BCUT2D eigenvalue weighted by molar-refractivity contribution is 0.0633. The average molecular weight is 432 g/mol. The summed E-state index contributed by atoms with van der Waals surface area (Å²) in [7, 11) is 0. The van der Waals surface area contributed by atoms with Gasteiger partial charge < -0.3 is 14.4 Å². The lowest BCUT2D eigenvalue weighted by Gasteiger charge is -2.34. The number of para-hydroxylation sites is 1. The molecule has 0 N–H and O–H groups in total. The summed E-state index contributed by atoms with van der Waals surface area (Å²) in [5, 5.41) is 2.14. The largest absolute Gasteiger partial charge is 0.454 e. The van der Waals surface area contributed by atoms with Crippen LogP contribution in [0.5, 0.6) is 11.5 Å². The highest BCUT2D eigenvalue weighted by Gasteiger charge is 2.24. The molecule has 1 saturated heterocycles. The standard InChI is InChI=1S/C24H21N3O3S/c28-24(22-13-18-12-17-3-1-2-4-19(17)25-23(18)31-22)27-9-7-26(8-10-27)14-16-5-6-20-21(11-16)30-15-29-20/h1-6,11-13H,7-10,14-15H2. The first-order chi connectivity index (χ1) is 15.2. The molecule has 7 heteroatoms. The van der Waals surface area contributed by atoms with E-state index in [-0.39, 0.29) is 5.91 Å². The summed E-state index contributed by atoms with van der Waals surface area (Å²) in [6.07, 6.45) is 0. The molecule has 0 radical (unpaired) electrons. The van der Waals surface area contributed by atoms with Crippen LogP contribution in [-0.2, 0) is 6.54 Å². The molecule has 1 amide bonds. The smallest absolute Gasteiger partial charge is 0.264 e. The van der Waals surface area contributed by atoms with E-state index in [9.17, 15) is 4.79 Å². The maximum Gasteiger partial charge on any atom is 0.264 e. The van der Waals surface area contributed by atoms with E-state index in [1.807, 2.05) is 41.3 Å². The second kappa shape index (κ2) is 7.51. The monoisotopic (exact) mass is 431 g/mol. The third kappa shape index (κ3) is 3.49. The van der Waals surface area contributed by atoms with E-state index in [1.165, 1.54) is 16.9 Å². The quantitative estimate of drug-likeness (QED) is 0.488. The van der Waals surface area contributed by atoms with Crippen LogP contribution < -0.4 is 9.47 Å². The Balaban J connectivity index is 1.13. The second-order valence-electron chi connectivity index (χ2n) is 7.94. The molecule has 2 aromatic heterocycles. The van der Waals surface area contributed by atoms with Crippen molar-refractivity contribution in [2.24, 2.45) is 0 Å². The van der Waals surface area contributed by atoms with Crippen molar-refractivity contribution < 1.29 is 14.3 Å². The van der Waals surface area contributed by atoms with Gasteiger partial charge in [-0.1, -0.05) is 24.3 Å². The fourth-order valence-electron chi connectivity index (χ4n) is 4.24. The molecular formula is C24H21N3O3S. The van der Waals surface area contributed by atoms with Gasteiger partial charge in [-0.05, 0) is 35.9 Å². The Morgan fingerprint density at radius 1 is 0.935 bits per heavy atom. The van der Waals surface area contributed by atoms with Gasteiger partial charge in [-0.25, -0.2) is 4.98 Å². The van der Waals surface area contributed by atoms with Crippen molar-refractivity contribution in [1.29, 1.82) is 0 Å². The number of ether oxygens (including phenoxy) is 2. The molecule has 2 aliphatic rings. The van der Waals surface area contributed by atoms with Crippen LogP contribution in [0.3, 0.4) is 0 Å². The minimum atomic E-state index is 0.106. The third-order valence-electron chi connectivity index (χ3n) is 5.92. The van der Waals surface area contributed by atoms with Gasteiger partial charge in [0.15, 0.2) is 11.5 Å². The Kier molecular flexibility index (Phi) is 4.51. The first kappa shape index (κ1) is 18.6. The van der Waals surface area contributed by atoms with E-state index >= 15 is 0 Å². The van der Waals surface area contributed by atoms with Crippen molar-refractivity contribution in [3.05, 3.63) is 65.0 Å². The fourth-order valence-corrected chi connectivity index (χ4v) is 5.23. The van der Waals surface area contributed by atoms with Crippen molar-refractivity contribution in [3.63, 3.8) is 0 Å². The molecule has 0 aliphatic carbocycles. The molecule has 0 saturated carbocycles. The molecule has 4 heterocycles. The Morgan fingerprint density at radius 3 is 2.68 bits per heavy atom. The number of carbonyl (C=O) groups excluding carboxylic acids is 1. The van der Waals surface area contributed by atoms with E-state index in [2.05, 4.69) is 23.1 Å². The molecule has 6 rings (SSSR count). The van der Waals surface area contributed by atoms with Crippen LogP contribution >= 0.6 is 11.3 Å². The summed E-state index contributed by atoms with van der Waals surface area (Å²) in [6.45, 7) is 4.31. The second-order valence-corrected chi connectivity index (χ2v) is 8.97. The molecule has 156 valence electrons. The number of aromatic nitrogens is 1. The Bertz CT molecular complexity index is 1240. The van der Waals surface area contributed by atoms with Crippen LogP contribution in [0.25, 0.3) is 21.1 Å². The molecule has 0 unspecified atom stereocenters. The Labute approximate surface area is 183 Å². The molecule has 2 aromatic carbocycles. The summed E-state index contributed by atoms with van der Waals surface area (Å²) < 4.78 is 10.9. The van der Waals surface area contributed by atoms with E-state index in [4.69, 9.17) is 14.5 Å². The molecular weight excluding hydrogens is 410 g/mol. The van der Waals surface area contributed by atoms with Crippen LogP contribution in [0.1, 0.15) is 15.2 Å². The highest BCUT2D eigenvalue weighted by molar-refractivity contribution is 7.20. The minimum Gasteiger partial charge on any atom is -0.454 e. The van der Waals surface area contributed by atoms with Gasteiger partial charge in [-0.3, -0.25) is 9.69 Å².